The fourth-order valence-electron chi connectivity index (χ4n) is 4.93. The van der Waals surface area contributed by atoms with Gasteiger partial charge in [-0.15, -0.1) is 0 Å². The Morgan fingerprint density at radius 1 is 0.882 bits per heavy atom. The molecule has 0 spiro atoms. The maximum absolute atomic E-state index is 13.3. The number of dihydropyridines is 1. The Morgan fingerprint density at radius 2 is 1.44 bits per heavy atom. The van der Waals surface area contributed by atoms with E-state index in [2.05, 4.69) is 19.2 Å². The largest absolute Gasteiger partial charge is 0.466 e. The monoisotopic (exact) mass is 459 g/mol. The molecule has 2 aromatic rings. The van der Waals surface area contributed by atoms with Crippen LogP contribution in [-0.2, 0) is 19.1 Å². The fourth-order valence-corrected chi connectivity index (χ4v) is 4.93. The van der Waals surface area contributed by atoms with Crippen LogP contribution < -0.4 is 5.32 Å². The van der Waals surface area contributed by atoms with Crippen LogP contribution in [0.5, 0.6) is 0 Å². The number of hydrogen-bond acceptors (Lipinski definition) is 6. The topological polar surface area (TPSA) is 81.7 Å². The Labute approximate surface area is 199 Å². The third-order valence-corrected chi connectivity index (χ3v) is 6.53. The van der Waals surface area contributed by atoms with Crippen molar-refractivity contribution >= 4 is 17.7 Å². The van der Waals surface area contributed by atoms with Crippen molar-refractivity contribution in [1.82, 2.24) is 5.32 Å². The number of benzene rings is 2. The Hall–Kier alpha value is -3.67. The minimum Gasteiger partial charge on any atom is -0.466 e. The number of ketones is 1. The smallest absolute Gasteiger partial charge is 0.337 e. The average Bonchev–Trinajstić information content (AvgIpc) is 2.81. The van der Waals surface area contributed by atoms with E-state index in [9.17, 15) is 14.4 Å². The molecule has 34 heavy (non-hydrogen) atoms. The second-order valence-electron chi connectivity index (χ2n) is 9.61. The molecular weight excluding hydrogens is 430 g/mol. The second-order valence-corrected chi connectivity index (χ2v) is 9.61. The highest BCUT2D eigenvalue weighted by atomic mass is 16.5. The molecule has 1 aliphatic heterocycles. The summed E-state index contributed by atoms with van der Waals surface area (Å²) in [5.41, 5.74) is 5.82. The number of esters is 2. The zero-order chi connectivity index (χ0) is 24.6. The summed E-state index contributed by atoms with van der Waals surface area (Å²) >= 11 is 0. The van der Waals surface area contributed by atoms with Crippen molar-refractivity contribution in [2.24, 2.45) is 5.41 Å². The van der Waals surface area contributed by atoms with Gasteiger partial charge in [-0.3, -0.25) is 4.79 Å². The molecule has 1 aliphatic carbocycles. The van der Waals surface area contributed by atoms with Gasteiger partial charge < -0.3 is 14.8 Å². The molecule has 4 rings (SSSR count). The van der Waals surface area contributed by atoms with Gasteiger partial charge in [-0.05, 0) is 47.6 Å². The van der Waals surface area contributed by atoms with E-state index in [4.69, 9.17) is 9.47 Å². The van der Waals surface area contributed by atoms with E-state index in [0.29, 0.717) is 28.8 Å². The molecule has 1 atom stereocenters. The molecule has 1 unspecified atom stereocenters. The lowest BCUT2D eigenvalue weighted by Crippen LogP contribution is -2.38. The fraction of sp³-hybridized carbons (Fsp3) is 0.321. The summed E-state index contributed by atoms with van der Waals surface area (Å²) in [7, 11) is 2.71. The number of nitrogens with one attached hydrogen (secondary N) is 1. The van der Waals surface area contributed by atoms with Gasteiger partial charge in [-0.25, -0.2) is 9.59 Å². The predicted molar refractivity (Wildman–Crippen MR) is 129 cm³/mol. The number of methoxy groups -OCH3 is 2. The van der Waals surface area contributed by atoms with Gasteiger partial charge in [0, 0.05) is 29.3 Å². The van der Waals surface area contributed by atoms with Gasteiger partial charge in [0.15, 0.2) is 5.78 Å². The number of carbonyl (C=O) groups excluding carboxylic acids is 3. The summed E-state index contributed by atoms with van der Waals surface area (Å²) in [5.74, 6) is -1.25. The lowest BCUT2D eigenvalue weighted by molar-refractivity contribution is -0.136. The zero-order valence-corrected chi connectivity index (χ0v) is 20.2. The van der Waals surface area contributed by atoms with E-state index in [1.165, 1.54) is 14.2 Å². The lowest BCUT2D eigenvalue weighted by Gasteiger charge is -2.39. The molecule has 6 nitrogen and oxygen atoms in total. The third kappa shape index (κ3) is 4.28. The lowest BCUT2D eigenvalue weighted by atomic mass is 9.68. The van der Waals surface area contributed by atoms with Crippen LogP contribution in [0.25, 0.3) is 11.1 Å². The van der Waals surface area contributed by atoms with Crippen molar-refractivity contribution in [3.63, 3.8) is 0 Å². The first-order valence-corrected chi connectivity index (χ1v) is 11.3. The van der Waals surface area contributed by atoms with Gasteiger partial charge >= 0.3 is 11.9 Å². The minimum atomic E-state index is -0.483. The molecular formula is C28H29NO5. The van der Waals surface area contributed by atoms with Crippen LogP contribution in [-0.4, -0.2) is 31.9 Å². The first kappa shape index (κ1) is 23.5. The summed E-state index contributed by atoms with van der Waals surface area (Å²) in [6.07, 6.45) is 1.17. The number of hydrogen-bond donors (Lipinski definition) is 1. The van der Waals surface area contributed by atoms with Crippen molar-refractivity contribution < 1.29 is 23.9 Å². The minimum absolute atomic E-state index is 0.0557. The van der Waals surface area contributed by atoms with Crippen LogP contribution in [0.1, 0.15) is 55.5 Å². The highest BCUT2D eigenvalue weighted by Gasteiger charge is 2.42. The number of rotatable bonds is 4. The molecule has 0 amide bonds. The predicted octanol–water partition coefficient (Wildman–Crippen LogP) is 4.92. The number of allylic oxidation sites excluding steroid dienone is 3. The molecule has 0 saturated heterocycles. The van der Waals surface area contributed by atoms with Crippen LogP contribution in [0.2, 0.25) is 0 Å². The number of Topliss-reactive ketones (excluding diaryl/α,β-unsaturated/α-hetero) is 1. The molecule has 0 fully saturated rings. The summed E-state index contributed by atoms with van der Waals surface area (Å²) < 4.78 is 9.85. The molecule has 0 bridgehead atoms. The molecule has 2 aliphatic rings. The zero-order valence-electron chi connectivity index (χ0n) is 20.2. The number of ether oxygens (including phenoxy) is 2. The van der Waals surface area contributed by atoms with Crippen LogP contribution in [0.15, 0.2) is 71.1 Å². The van der Waals surface area contributed by atoms with E-state index in [1.54, 1.807) is 12.1 Å². The Balaban J connectivity index is 1.74. The standard InChI is InChI=1S/C28H29NO5/c1-16-23(27(32)34-5)24(25-21(29-16)14-28(2,3)15-22(25)30)19-10-6-17(7-11-19)18-8-12-20(13-9-18)26(31)33-4/h6-13,24,29H,14-15H2,1-5H3. The van der Waals surface area contributed by atoms with Gasteiger partial charge in [-0.2, -0.15) is 0 Å². The second kappa shape index (κ2) is 8.93. The molecule has 1 N–H and O–H groups in total. The molecule has 176 valence electrons. The summed E-state index contributed by atoms with van der Waals surface area (Å²) in [4.78, 5) is 37.8. The molecule has 2 aromatic carbocycles. The van der Waals surface area contributed by atoms with Crippen LogP contribution in [0, 0.1) is 5.41 Å². The summed E-state index contributed by atoms with van der Waals surface area (Å²) in [6.45, 7) is 6.02. The van der Waals surface area contributed by atoms with Gasteiger partial charge in [0.1, 0.15) is 0 Å². The quantitative estimate of drug-likeness (QED) is 0.654. The van der Waals surface area contributed by atoms with E-state index >= 15 is 0 Å². The average molecular weight is 460 g/mol. The van der Waals surface area contributed by atoms with Gasteiger partial charge in [-0.1, -0.05) is 50.2 Å². The van der Waals surface area contributed by atoms with E-state index < -0.39 is 11.9 Å². The Kier molecular flexibility index (Phi) is 6.17. The molecule has 0 saturated carbocycles. The summed E-state index contributed by atoms with van der Waals surface area (Å²) in [5, 5.41) is 3.33. The Bertz CT molecular complexity index is 1220. The highest BCUT2D eigenvalue weighted by Crippen LogP contribution is 2.46. The summed E-state index contributed by atoms with van der Waals surface area (Å²) in [6, 6.07) is 15.0. The maximum Gasteiger partial charge on any atom is 0.337 e. The molecule has 1 heterocycles. The molecule has 0 aromatic heterocycles. The van der Waals surface area contributed by atoms with Crippen molar-refractivity contribution in [2.75, 3.05) is 14.2 Å². The van der Waals surface area contributed by atoms with Crippen molar-refractivity contribution in [3.8, 4) is 11.1 Å². The van der Waals surface area contributed by atoms with E-state index in [-0.39, 0.29) is 17.2 Å². The SMILES string of the molecule is COC(=O)C1=C(C)NC2=C(C(=O)CC(C)(C)C2)C1c1ccc(-c2ccc(C(=O)OC)cc2)cc1. The first-order valence-electron chi connectivity index (χ1n) is 11.3. The van der Waals surface area contributed by atoms with Crippen molar-refractivity contribution in [1.29, 1.82) is 0 Å². The third-order valence-electron chi connectivity index (χ3n) is 6.53. The number of carbonyl (C=O) groups is 3. The van der Waals surface area contributed by atoms with Crippen LogP contribution in [0.4, 0.5) is 0 Å². The van der Waals surface area contributed by atoms with E-state index in [1.807, 2.05) is 43.3 Å². The maximum atomic E-state index is 13.3. The van der Waals surface area contributed by atoms with Crippen LogP contribution in [0.3, 0.4) is 0 Å². The van der Waals surface area contributed by atoms with Crippen LogP contribution >= 0.6 is 0 Å². The normalized spacial score (nSPS) is 19.3. The first-order chi connectivity index (χ1) is 16.1. The van der Waals surface area contributed by atoms with Crippen molar-refractivity contribution in [2.45, 2.75) is 39.5 Å². The van der Waals surface area contributed by atoms with E-state index in [0.717, 1.165) is 28.8 Å². The van der Waals surface area contributed by atoms with Gasteiger partial charge in [0.25, 0.3) is 0 Å². The highest BCUT2D eigenvalue weighted by molar-refractivity contribution is 6.04. The molecule has 6 heteroatoms. The van der Waals surface area contributed by atoms with Gasteiger partial charge in [0.2, 0.25) is 0 Å². The van der Waals surface area contributed by atoms with Gasteiger partial charge in [0.05, 0.1) is 25.4 Å². The Morgan fingerprint density at radius 3 is 2.00 bits per heavy atom. The molecule has 0 radical (unpaired) electrons. The van der Waals surface area contributed by atoms with Crippen molar-refractivity contribution in [3.05, 3.63) is 82.2 Å².